The molecule has 5 heteroatoms. The Kier molecular flexibility index (Phi) is 18.3. The molecule has 1 unspecified atom stereocenters. The summed E-state index contributed by atoms with van der Waals surface area (Å²) in [5.74, 6) is -0.895. The zero-order valence-corrected chi connectivity index (χ0v) is 16.4. The Hall–Kier alpha value is 0.1000. The van der Waals surface area contributed by atoms with E-state index in [0.717, 1.165) is 12.8 Å². The summed E-state index contributed by atoms with van der Waals surface area (Å²) >= 11 is 0. The van der Waals surface area contributed by atoms with Gasteiger partial charge in [0.1, 0.15) is 6.04 Å². The number of nitrogens with one attached hydrogen (secondary N) is 1. The molecule has 0 bridgehead atoms. The molecule has 0 aromatic rings. The summed E-state index contributed by atoms with van der Waals surface area (Å²) in [6, 6.07) is -0.429. The molecule has 0 rings (SSSR count). The Morgan fingerprint density at radius 1 is 0.952 bits per heavy atom. The van der Waals surface area contributed by atoms with Gasteiger partial charge in [-0.05, 0) is 20.4 Å². The van der Waals surface area contributed by atoms with Crippen LogP contribution in [0.1, 0.15) is 78.1 Å². The first-order valence-corrected chi connectivity index (χ1v) is 8.03. The normalized spacial score (nSPS) is 11.6. The third-order valence-corrected chi connectivity index (χ3v) is 3.49. The quantitative estimate of drug-likeness (QED) is 0.248. The van der Waals surface area contributed by atoms with Crippen LogP contribution in [-0.4, -0.2) is 25.0 Å². The van der Waals surface area contributed by atoms with E-state index >= 15 is 0 Å². The standard InChI is InChI=1S/C16H31NO3.Na/c1-4-5-6-7-8-9-10-11-12-13-15(18)20-16(19)14(2)17-3;/h14,17H,4-13H2,1-3H3;/q;+1. The molecule has 0 amide bonds. The van der Waals surface area contributed by atoms with Crippen LogP contribution in [0.2, 0.25) is 0 Å². The Morgan fingerprint density at radius 2 is 1.43 bits per heavy atom. The minimum Gasteiger partial charge on any atom is -0.392 e. The minimum absolute atomic E-state index is 0. The fourth-order valence-corrected chi connectivity index (χ4v) is 1.95. The zero-order valence-electron chi connectivity index (χ0n) is 14.4. The van der Waals surface area contributed by atoms with E-state index in [4.69, 9.17) is 4.74 Å². The van der Waals surface area contributed by atoms with Gasteiger partial charge in [-0.3, -0.25) is 4.79 Å². The Morgan fingerprint density at radius 3 is 1.90 bits per heavy atom. The SMILES string of the molecule is CCCCCCCCCCCC(=O)OC(=O)C(C)NC.[Na+]. The van der Waals surface area contributed by atoms with Gasteiger partial charge in [-0.2, -0.15) is 0 Å². The summed E-state index contributed by atoms with van der Waals surface area (Å²) < 4.78 is 4.73. The summed E-state index contributed by atoms with van der Waals surface area (Å²) in [5, 5.41) is 2.75. The maximum absolute atomic E-state index is 11.4. The van der Waals surface area contributed by atoms with Crippen molar-refractivity contribution in [2.24, 2.45) is 0 Å². The molecule has 0 aliphatic heterocycles. The average molecular weight is 308 g/mol. The van der Waals surface area contributed by atoms with Crippen molar-refractivity contribution in [3.63, 3.8) is 0 Å². The van der Waals surface area contributed by atoms with E-state index in [2.05, 4.69) is 12.2 Å². The summed E-state index contributed by atoms with van der Waals surface area (Å²) in [7, 11) is 1.66. The fourth-order valence-electron chi connectivity index (χ4n) is 1.95. The second kappa shape index (κ2) is 16.5. The van der Waals surface area contributed by atoms with Gasteiger partial charge in [-0.15, -0.1) is 0 Å². The van der Waals surface area contributed by atoms with Gasteiger partial charge in [0.05, 0.1) is 0 Å². The molecule has 21 heavy (non-hydrogen) atoms. The molecule has 0 aromatic carbocycles. The Bertz CT molecular complexity index is 272. The van der Waals surface area contributed by atoms with Crippen molar-refractivity contribution in [3.8, 4) is 0 Å². The molecule has 1 atom stereocenters. The monoisotopic (exact) mass is 308 g/mol. The van der Waals surface area contributed by atoms with Crippen molar-refractivity contribution in [2.75, 3.05) is 7.05 Å². The maximum Gasteiger partial charge on any atom is 1.00 e. The van der Waals surface area contributed by atoms with E-state index in [1.807, 2.05) is 0 Å². The van der Waals surface area contributed by atoms with Crippen LogP contribution < -0.4 is 34.9 Å². The molecule has 0 aromatic heterocycles. The van der Waals surface area contributed by atoms with Gasteiger partial charge in [0, 0.05) is 6.42 Å². The van der Waals surface area contributed by atoms with Gasteiger partial charge >= 0.3 is 41.5 Å². The number of unbranched alkanes of at least 4 members (excludes halogenated alkanes) is 8. The number of hydrogen-bond donors (Lipinski definition) is 1. The molecule has 0 aliphatic rings. The first-order chi connectivity index (χ1) is 9.61. The van der Waals surface area contributed by atoms with Crippen LogP contribution in [-0.2, 0) is 14.3 Å². The van der Waals surface area contributed by atoms with Crippen molar-refractivity contribution in [1.82, 2.24) is 5.32 Å². The Balaban J connectivity index is 0. The second-order valence-corrected chi connectivity index (χ2v) is 5.38. The third kappa shape index (κ3) is 14.8. The number of rotatable bonds is 12. The summed E-state index contributed by atoms with van der Waals surface area (Å²) in [6.45, 7) is 3.90. The number of esters is 2. The van der Waals surface area contributed by atoms with Crippen molar-refractivity contribution < 1.29 is 43.9 Å². The largest absolute Gasteiger partial charge is 1.00 e. The van der Waals surface area contributed by atoms with Gasteiger partial charge in [-0.1, -0.05) is 58.3 Å². The molecule has 0 saturated carbocycles. The summed E-state index contributed by atoms with van der Waals surface area (Å²) in [5.41, 5.74) is 0. The molecule has 0 aliphatic carbocycles. The molecule has 118 valence electrons. The predicted molar refractivity (Wildman–Crippen MR) is 81.5 cm³/mol. The number of hydrogen-bond acceptors (Lipinski definition) is 4. The van der Waals surface area contributed by atoms with Crippen molar-refractivity contribution in [3.05, 3.63) is 0 Å². The molecule has 0 spiro atoms. The molecule has 4 nitrogen and oxygen atoms in total. The van der Waals surface area contributed by atoms with Crippen molar-refractivity contribution >= 4 is 11.9 Å². The van der Waals surface area contributed by atoms with E-state index in [9.17, 15) is 9.59 Å². The third-order valence-electron chi connectivity index (χ3n) is 3.49. The zero-order chi connectivity index (χ0) is 15.2. The smallest absolute Gasteiger partial charge is 0.392 e. The van der Waals surface area contributed by atoms with Crippen LogP contribution in [0.15, 0.2) is 0 Å². The van der Waals surface area contributed by atoms with Gasteiger partial charge in [0.25, 0.3) is 0 Å². The van der Waals surface area contributed by atoms with Crippen LogP contribution in [0.4, 0.5) is 0 Å². The first kappa shape index (κ1) is 23.4. The van der Waals surface area contributed by atoms with E-state index in [-0.39, 0.29) is 29.6 Å². The maximum atomic E-state index is 11.4. The predicted octanol–water partition coefficient (Wildman–Crippen LogP) is 0.589. The fraction of sp³-hybridized carbons (Fsp3) is 0.875. The van der Waals surface area contributed by atoms with Gasteiger partial charge in [0.15, 0.2) is 0 Å². The molecular formula is C16H31NNaO3+. The molecular weight excluding hydrogens is 277 g/mol. The first-order valence-electron chi connectivity index (χ1n) is 8.03. The number of likely N-dealkylation sites (N-methyl/N-ethyl adjacent to an activating group) is 1. The van der Waals surface area contributed by atoms with Crippen LogP contribution in [0, 0.1) is 0 Å². The van der Waals surface area contributed by atoms with Crippen molar-refractivity contribution in [2.45, 2.75) is 84.1 Å². The topological polar surface area (TPSA) is 55.4 Å². The molecule has 1 N–H and O–H groups in total. The van der Waals surface area contributed by atoms with Crippen LogP contribution in [0.25, 0.3) is 0 Å². The van der Waals surface area contributed by atoms with E-state index in [1.165, 1.54) is 44.9 Å². The average Bonchev–Trinajstić information content (AvgIpc) is 2.44. The minimum atomic E-state index is -0.492. The number of carbonyl (C=O) groups is 2. The number of ether oxygens (including phenoxy) is 1. The van der Waals surface area contributed by atoms with Gasteiger partial charge in [-0.25, -0.2) is 4.79 Å². The second-order valence-electron chi connectivity index (χ2n) is 5.38. The summed E-state index contributed by atoms with van der Waals surface area (Å²) in [4.78, 5) is 22.7. The van der Waals surface area contributed by atoms with E-state index < -0.39 is 18.0 Å². The molecule has 0 saturated heterocycles. The molecule has 0 radical (unpaired) electrons. The summed E-state index contributed by atoms with van der Waals surface area (Å²) in [6.07, 6.45) is 11.2. The van der Waals surface area contributed by atoms with Crippen LogP contribution in [0.3, 0.4) is 0 Å². The van der Waals surface area contributed by atoms with Crippen molar-refractivity contribution in [1.29, 1.82) is 0 Å². The van der Waals surface area contributed by atoms with Crippen LogP contribution >= 0.6 is 0 Å². The molecule has 0 heterocycles. The van der Waals surface area contributed by atoms with Gasteiger partial charge in [0.2, 0.25) is 0 Å². The number of carbonyl (C=O) groups excluding carboxylic acids is 2. The van der Waals surface area contributed by atoms with Crippen LogP contribution in [0.5, 0.6) is 0 Å². The van der Waals surface area contributed by atoms with Gasteiger partial charge < -0.3 is 10.1 Å². The molecule has 0 fully saturated rings. The van der Waals surface area contributed by atoms with E-state index in [0.29, 0.717) is 6.42 Å². The Labute approximate surface area is 152 Å². The van der Waals surface area contributed by atoms with E-state index in [1.54, 1.807) is 14.0 Å².